The van der Waals surface area contributed by atoms with E-state index in [0.29, 0.717) is 26.2 Å². The van der Waals surface area contributed by atoms with Crippen molar-refractivity contribution in [1.29, 1.82) is 0 Å². The molecule has 1 heterocycles. The fourth-order valence-corrected chi connectivity index (χ4v) is 3.82. The molecule has 8 heteroatoms. The molecule has 1 saturated heterocycles. The van der Waals surface area contributed by atoms with Crippen molar-refractivity contribution in [2.45, 2.75) is 6.42 Å². The number of anilines is 1. The first kappa shape index (κ1) is 20.0. The number of thioether (sulfide) groups is 1. The average Bonchev–Trinajstić information content (AvgIpc) is 2.95. The van der Waals surface area contributed by atoms with Crippen LogP contribution in [0.2, 0.25) is 0 Å². The molecular formula is C20H17FN2O3S2. The Morgan fingerprint density at radius 3 is 2.54 bits per heavy atom. The monoisotopic (exact) mass is 416 g/mol. The first-order valence-corrected chi connectivity index (χ1v) is 9.63. The molecule has 1 aliphatic heterocycles. The fourth-order valence-electron chi connectivity index (χ4n) is 2.51. The van der Waals surface area contributed by atoms with Gasteiger partial charge in [-0.25, -0.2) is 4.39 Å². The Labute approximate surface area is 171 Å². The SMILES string of the molecule is COc1ccc(NC(=O)CCN2C(=O)C(=Cc3ccc(F)cc3)SC2=S)cc1. The van der Waals surface area contributed by atoms with Crippen LogP contribution in [0, 0.1) is 5.82 Å². The lowest BCUT2D eigenvalue weighted by Gasteiger charge is -2.14. The van der Waals surface area contributed by atoms with E-state index in [-0.39, 0.29) is 30.6 Å². The summed E-state index contributed by atoms with van der Waals surface area (Å²) in [5, 5.41) is 2.77. The number of carbonyl (C=O) groups excluding carboxylic acids is 2. The van der Waals surface area contributed by atoms with Crippen LogP contribution in [0.4, 0.5) is 10.1 Å². The number of amides is 2. The number of ether oxygens (including phenoxy) is 1. The van der Waals surface area contributed by atoms with Gasteiger partial charge in [0.1, 0.15) is 15.9 Å². The third-order valence-electron chi connectivity index (χ3n) is 3.98. The molecule has 28 heavy (non-hydrogen) atoms. The minimum absolute atomic E-state index is 0.113. The van der Waals surface area contributed by atoms with E-state index in [1.165, 1.54) is 28.8 Å². The Kier molecular flexibility index (Phi) is 6.43. The minimum atomic E-state index is -0.340. The van der Waals surface area contributed by atoms with Crippen molar-refractivity contribution < 1.29 is 18.7 Å². The van der Waals surface area contributed by atoms with Crippen LogP contribution in [0.5, 0.6) is 5.75 Å². The predicted molar refractivity (Wildman–Crippen MR) is 113 cm³/mol. The van der Waals surface area contributed by atoms with Crippen LogP contribution >= 0.6 is 24.0 Å². The van der Waals surface area contributed by atoms with Crippen LogP contribution in [-0.4, -0.2) is 34.7 Å². The van der Waals surface area contributed by atoms with Crippen LogP contribution in [0.15, 0.2) is 53.4 Å². The minimum Gasteiger partial charge on any atom is -0.497 e. The van der Waals surface area contributed by atoms with Crippen molar-refractivity contribution in [2.75, 3.05) is 19.0 Å². The number of thiocarbonyl (C=S) groups is 1. The summed E-state index contributed by atoms with van der Waals surface area (Å²) in [6.07, 6.45) is 1.78. The van der Waals surface area contributed by atoms with Crippen LogP contribution in [0.3, 0.4) is 0 Å². The number of nitrogens with one attached hydrogen (secondary N) is 1. The van der Waals surface area contributed by atoms with E-state index in [4.69, 9.17) is 17.0 Å². The number of nitrogens with zero attached hydrogens (tertiary/aromatic N) is 1. The van der Waals surface area contributed by atoms with Gasteiger partial charge in [0.2, 0.25) is 5.91 Å². The van der Waals surface area contributed by atoms with Crippen molar-refractivity contribution in [3.8, 4) is 5.75 Å². The zero-order valence-corrected chi connectivity index (χ0v) is 16.6. The standard InChI is InChI=1S/C20H17FN2O3S2/c1-26-16-8-6-15(7-9-16)22-18(24)10-11-23-19(25)17(28-20(23)27)12-13-2-4-14(21)5-3-13/h2-9,12H,10-11H2,1H3,(H,22,24). The molecule has 3 rings (SSSR count). The lowest BCUT2D eigenvalue weighted by atomic mass is 10.2. The second kappa shape index (κ2) is 8.99. The molecule has 0 atom stereocenters. The highest BCUT2D eigenvalue weighted by molar-refractivity contribution is 8.26. The number of rotatable bonds is 6. The van der Waals surface area contributed by atoms with Gasteiger partial charge in [-0.05, 0) is 48.0 Å². The molecular weight excluding hydrogens is 399 g/mol. The highest BCUT2D eigenvalue weighted by Crippen LogP contribution is 2.32. The van der Waals surface area contributed by atoms with E-state index in [1.54, 1.807) is 49.6 Å². The predicted octanol–water partition coefficient (Wildman–Crippen LogP) is 4.06. The summed E-state index contributed by atoms with van der Waals surface area (Å²) >= 11 is 6.43. The molecule has 0 bridgehead atoms. The summed E-state index contributed by atoms with van der Waals surface area (Å²) < 4.78 is 18.5. The number of benzene rings is 2. The van der Waals surface area contributed by atoms with E-state index in [9.17, 15) is 14.0 Å². The molecule has 1 N–H and O–H groups in total. The summed E-state index contributed by atoms with van der Waals surface area (Å²) in [6.45, 7) is 0.188. The second-order valence-electron chi connectivity index (χ2n) is 5.91. The van der Waals surface area contributed by atoms with Gasteiger partial charge < -0.3 is 10.1 Å². The average molecular weight is 416 g/mol. The molecule has 1 fully saturated rings. The molecule has 0 unspecified atom stereocenters. The van der Waals surface area contributed by atoms with Gasteiger partial charge in [0.25, 0.3) is 5.91 Å². The van der Waals surface area contributed by atoms with Gasteiger partial charge in [-0.1, -0.05) is 36.1 Å². The molecule has 0 saturated carbocycles. The van der Waals surface area contributed by atoms with E-state index < -0.39 is 0 Å². The zero-order valence-electron chi connectivity index (χ0n) is 15.0. The van der Waals surface area contributed by atoms with Crippen LogP contribution in [0.1, 0.15) is 12.0 Å². The van der Waals surface area contributed by atoms with E-state index in [0.717, 1.165) is 0 Å². The van der Waals surface area contributed by atoms with Crippen LogP contribution in [0.25, 0.3) is 6.08 Å². The molecule has 2 aromatic rings. The van der Waals surface area contributed by atoms with Gasteiger partial charge in [-0.15, -0.1) is 0 Å². The van der Waals surface area contributed by atoms with E-state index >= 15 is 0 Å². The second-order valence-corrected chi connectivity index (χ2v) is 7.59. The maximum absolute atomic E-state index is 13.0. The summed E-state index contributed by atoms with van der Waals surface area (Å²) in [4.78, 5) is 26.6. The van der Waals surface area contributed by atoms with Crippen LogP contribution in [-0.2, 0) is 9.59 Å². The normalized spacial score (nSPS) is 15.2. The highest BCUT2D eigenvalue weighted by atomic mass is 32.2. The van der Waals surface area contributed by atoms with Gasteiger partial charge in [0.15, 0.2) is 0 Å². The fraction of sp³-hybridized carbons (Fsp3) is 0.150. The number of hydrogen-bond acceptors (Lipinski definition) is 5. The number of carbonyl (C=O) groups is 2. The Bertz CT molecular complexity index is 927. The molecule has 0 radical (unpaired) electrons. The largest absolute Gasteiger partial charge is 0.497 e. The lowest BCUT2D eigenvalue weighted by Crippen LogP contribution is -2.31. The van der Waals surface area contributed by atoms with Gasteiger partial charge in [-0.2, -0.15) is 0 Å². The molecule has 0 aliphatic carbocycles. The van der Waals surface area contributed by atoms with Gasteiger partial charge in [-0.3, -0.25) is 14.5 Å². The smallest absolute Gasteiger partial charge is 0.266 e. The molecule has 2 amide bonds. The van der Waals surface area contributed by atoms with Crippen LogP contribution < -0.4 is 10.1 Å². The van der Waals surface area contributed by atoms with Gasteiger partial charge >= 0.3 is 0 Å². The topological polar surface area (TPSA) is 58.6 Å². The van der Waals surface area contributed by atoms with Gasteiger partial charge in [0.05, 0.1) is 12.0 Å². The van der Waals surface area contributed by atoms with Crippen molar-refractivity contribution in [3.63, 3.8) is 0 Å². The van der Waals surface area contributed by atoms with Crippen molar-refractivity contribution in [3.05, 3.63) is 64.8 Å². The summed E-state index contributed by atoms with van der Waals surface area (Å²) in [6, 6.07) is 12.8. The molecule has 1 aliphatic rings. The zero-order chi connectivity index (χ0) is 20.1. The Balaban J connectivity index is 1.57. The Morgan fingerprint density at radius 2 is 1.89 bits per heavy atom. The Morgan fingerprint density at radius 1 is 1.21 bits per heavy atom. The number of halogens is 1. The first-order chi connectivity index (χ1) is 13.5. The van der Waals surface area contributed by atoms with E-state index in [2.05, 4.69) is 5.32 Å². The van der Waals surface area contributed by atoms with Crippen molar-refractivity contribution in [1.82, 2.24) is 4.90 Å². The molecule has 144 valence electrons. The Hall–Kier alpha value is -2.71. The van der Waals surface area contributed by atoms with Gasteiger partial charge in [0, 0.05) is 18.7 Å². The van der Waals surface area contributed by atoms with E-state index in [1.807, 2.05) is 0 Å². The maximum Gasteiger partial charge on any atom is 0.266 e. The first-order valence-electron chi connectivity index (χ1n) is 8.41. The molecule has 0 spiro atoms. The summed E-state index contributed by atoms with van der Waals surface area (Å²) in [7, 11) is 1.57. The highest BCUT2D eigenvalue weighted by Gasteiger charge is 2.32. The number of methoxy groups -OCH3 is 1. The lowest BCUT2D eigenvalue weighted by molar-refractivity contribution is -0.122. The third-order valence-corrected chi connectivity index (χ3v) is 5.36. The third kappa shape index (κ3) is 4.96. The molecule has 5 nitrogen and oxygen atoms in total. The number of hydrogen-bond donors (Lipinski definition) is 1. The van der Waals surface area contributed by atoms with Crippen molar-refractivity contribution >= 4 is 51.9 Å². The maximum atomic E-state index is 13.0. The quantitative estimate of drug-likeness (QED) is 0.568. The summed E-state index contributed by atoms with van der Waals surface area (Å²) in [5.74, 6) is -0.116. The molecule has 2 aromatic carbocycles. The summed E-state index contributed by atoms with van der Waals surface area (Å²) in [5.41, 5.74) is 1.35. The van der Waals surface area contributed by atoms with Crippen molar-refractivity contribution in [2.24, 2.45) is 0 Å². The molecule has 0 aromatic heterocycles.